The molecule has 6 aromatic rings. The van der Waals surface area contributed by atoms with Crippen molar-refractivity contribution < 1.29 is 46.1 Å². The Balaban J connectivity index is 0.00000541. The van der Waals surface area contributed by atoms with Crippen molar-refractivity contribution in [1.29, 1.82) is 0 Å². The van der Waals surface area contributed by atoms with Gasteiger partial charge in [0.15, 0.2) is 19.9 Å². The summed E-state index contributed by atoms with van der Waals surface area (Å²) >= 11 is 0. The smallest absolute Gasteiger partial charge is 0.253 e. The van der Waals surface area contributed by atoms with Crippen LogP contribution in [0.2, 0.25) is 0 Å². The molecule has 0 fully saturated rings. The quantitative estimate of drug-likeness (QED) is 0.117. The van der Waals surface area contributed by atoms with E-state index in [9.17, 15) is 26.3 Å². The summed E-state index contributed by atoms with van der Waals surface area (Å²) in [7, 11) is -2.58. The third kappa shape index (κ3) is 8.58. The molecule has 0 amide bonds. The second-order valence-electron chi connectivity index (χ2n) is 14.2. The summed E-state index contributed by atoms with van der Waals surface area (Å²) in [6, 6.07) is 24.3. The Bertz CT molecular complexity index is 2020. The van der Waals surface area contributed by atoms with Crippen LogP contribution in [-0.2, 0) is 43.0 Å². The molecule has 0 spiro atoms. The molecule has 0 unspecified atom stereocenters. The van der Waals surface area contributed by atoms with Crippen molar-refractivity contribution in [2.45, 2.75) is 70.4 Å². The third-order valence-electron chi connectivity index (χ3n) is 8.25. The molecule has 6 rings (SSSR count). The number of benzene rings is 2. The summed E-state index contributed by atoms with van der Waals surface area (Å²) in [6.45, 7) is 11.6. The monoisotopic (exact) mass is 928 g/mol. The average Bonchev–Trinajstić information content (AvgIpc) is 3.74. The van der Waals surface area contributed by atoms with Crippen LogP contribution < -0.4 is 0 Å². The molecular weight excluding hydrogens is 892 g/mol. The van der Waals surface area contributed by atoms with Gasteiger partial charge in [0.25, 0.3) is 11.6 Å². The largest absolute Gasteiger partial charge is 2.00 e. The number of nitrogens with zero attached hydrogens (tertiary/aromatic N) is 8. The summed E-state index contributed by atoms with van der Waals surface area (Å²) < 4.78 is 89.6. The first-order chi connectivity index (χ1) is 24.3. The van der Waals surface area contributed by atoms with Crippen molar-refractivity contribution in [3.05, 3.63) is 131 Å². The Kier molecular flexibility index (Phi) is 11.2. The molecule has 0 bridgehead atoms. The van der Waals surface area contributed by atoms with Gasteiger partial charge >= 0.3 is 32.1 Å². The van der Waals surface area contributed by atoms with Crippen LogP contribution in [0.3, 0.4) is 0 Å². The van der Waals surface area contributed by atoms with E-state index < -0.39 is 48.7 Å². The van der Waals surface area contributed by atoms with Gasteiger partial charge in [-0.05, 0) is 57.3 Å². The molecule has 4 heterocycles. The Morgan fingerprint density at radius 1 is 0.547 bits per heavy atom. The molecule has 53 heavy (non-hydrogen) atoms. The number of pyridine rings is 2. The second-order valence-corrected chi connectivity index (χ2v) is 16.1. The Morgan fingerprint density at radius 3 is 1.23 bits per heavy atom. The topological polar surface area (TPSA) is 87.2 Å². The van der Waals surface area contributed by atoms with Crippen molar-refractivity contribution >= 4 is 8.22 Å². The maximum absolute atomic E-state index is 14.6. The summed E-state index contributed by atoms with van der Waals surface area (Å²) in [4.78, 5) is 16.8. The molecule has 0 saturated carbocycles. The van der Waals surface area contributed by atoms with Gasteiger partial charge in [0.2, 0.25) is 0 Å². The van der Waals surface area contributed by atoms with Crippen LogP contribution in [0.1, 0.15) is 81.1 Å². The number of hydrogen-bond donors (Lipinski definition) is 0. The summed E-state index contributed by atoms with van der Waals surface area (Å²) in [6.07, 6.45) is -7.10. The minimum atomic E-state index is -5.01. The minimum absolute atomic E-state index is 0. The molecule has 0 N–H and O–H groups in total. The molecule has 0 radical (unpaired) electrons. The summed E-state index contributed by atoms with van der Waals surface area (Å²) in [5, 5.41) is 8.08. The van der Waals surface area contributed by atoms with E-state index in [4.69, 9.17) is 0 Å². The number of rotatable bonds is 7. The molecule has 0 aliphatic rings. The molecule has 0 aliphatic carbocycles. The van der Waals surface area contributed by atoms with E-state index >= 15 is 0 Å². The van der Waals surface area contributed by atoms with Crippen LogP contribution in [0.4, 0.5) is 26.3 Å². The van der Waals surface area contributed by atoms with E-state index in [0.717, 1.165) is 20.0 Å². The molecular formula is C37H35F6N8OsP+2. The molecule has 0 aliphatic heterocycles. The van der Waals surface area contributed by atoms with Crippen LogP contribution in [0.15, 0.2) is 97.3 Å². The molecule has 8 nitrogen and oxygen atoms in total. The fraction of sp³-hybridized carbons (Fsp3) is 0.297. The maximum Gasteiger partial charge on any atom is 2.00 e. The van der Waals surface area contributed by atoms with Crippen molar-refractivity contribution in [2.24, 2.45) is 0 Å². The Morgan fingerprint density at radius 2 is 0.906 bits per heavy atom. The molecule has 4 aromatic heterocycles. The van der Waals surface area contributed by atoms with Gasteiger partial charge in [-0.25, -0.2) is 9.97 Å². The standard InChI is InChI=1S/C37H35F6N8P.Os/c1-34(2,3)25-17-19-44-27(21-25)30-46-32(36(38,39)40)48-50(30)52(29(23-13-9-7-10-14-23)24-15-11-8-12-16-24)51-31(47-33(49-51)37(41,42)43)28-22-26(18-20-45-28)35(4,5)6;/h7-22,29H,1-6H3;/q;+2. The summed E-state index contributed by atoms with van der Waals surface area (Å²) in [5.74, 6) is -3.56. The van der Waals surface area contributed by atoms with Gasteiger partial charge in [-0.2, -0.15) is 35.2 Å². The summed E-state index contributed by atoms with van der Waals surface area (Å²) in [5.41, 5.74) is 0.977. The molecule has 0 saturated heterocycles. The maximum atomic E-state index is 14.6. The van der Waals surface area contributed by atoms with Crippen molar-refractivity contribution in [3.63, 3.8) is 0 Å². The number of halogens is 6. The first-order valence-corrected chi connectivity index (χ1v) is 17.6. The zero-order valence-electron chi connectivity index (χ0n) is 29.5. The van der Waals surface area contributed by atoms with Gasteiger partial charge in [-0.3, -0.25) is 9.97 Å². The van der Waals surface area contributed by atoms with Crippen LogP contribution in [0.25, 0.3) is 23.0 Å². The van der Waals surface area contributed by atoms with E-state index in [-0.39, 0.29) is 42.8 Å². The zero-order chi connectivity index (χ0) is 37.6. The predicted molar refractivity (Wildman–Crippen MR) is 186 cm³/mol. The van der Waals surface area contributed by atoms with E-state index in [1.165, 1.54) is 12.4 Å². The molecule has 16 heteroatoms. The van der Waals surface area contributed by atoms with Crippen LogP contribution in [0, 0.1) is 0 Å². The Labute approximate surface area is 317 Å². The fourth-order valence-corrected chi connectivity index (χ4v) is 8.03. The van der Waals surface area contributed by atoms with Gasteiger partial charge in [0, 0.05) is 12.4 Å². The molecule has 2 aromatic carbocycles. The van der Waals surface area contributed by atoms with Gasteiger partial charge in [-0.15, -0.1) is 10.2 Å². The van der Waals surface area contributed by atoms with E-state index in [2.05, 4.69) is 30.1 Å². The number of aromatic nitrogens is 8. The second kappa shape index (κ2) is 14.8. The van der Waals surface area contributed by atoms with E-state index in [1.807, 2.05) is 41.5 Å². The Hall–Kier alpha value is -4.33. The van der Waals surface area contributed by atoms with Gasteiger partial charge in [0.05, 0.1) is 5.66 Å². The van der Waals surface area contributed by atoms with Gasteiger partial charge in [-0.1, -0.05) is 102 Å². The SMILES string of the molecule is CC(C)(C)c1ccnc(-c2nc(C(F)(F)F)nn2P(C(c2ccccc2)c2ccccc2)n2nc(C(F)(F)F)nc2-c2cc(C(C)(C)C)ccn2)c1.[Os+2]. The first kappa shape index (κ1) is 39.9. The van der Waals surface area contributed by atoms with E-state index in [1.54, 1.807) is 84.9 Å². The van der Waals surface area contributed by atoms with Gasteiger partial charge < -0.3 is 0 Å². The van der Waals surface area contributed by atoms with Crippen LogP contribution >= 0.6 is 8.22 Å². The van der Waals surface area contributed by atoms with Crippen molar-refractivity contribution in [2.75, 3.05) is 0 Å². The predicted octanol–water partition coefficient (Wildman–Crippen LogP) is 10.1. The van der Waals surface area contributed by atoms with Gasteiger partial charge in [0.1, 0.15) is 11.4 Å². The van der Waals surface area contributed by atoms with Crippen LogP contribution in [0.5, 0.6) is 0 Å². The fourth-order valence-electron chi connectivity index (χ4n) is 5.52. The van der Waals surface area contributed by atoms with Crippen LogP contribution in [-0.4, -0.2) is 39.0 Å². The first-order valence-electron chi connectivity index (χ1n) is 16.2. The number of alkyl halides is 6. The normalized spacial score (nSPS) is 12.7. The minimum Gasteiger partial charge on any atom is -0.253 e. The molecule has 276 valence electrons. The average molecular weight is 927 g/mol. The number of hydrogen-bond acceptors (Lipinski definition) is 6. The molecule has 0 atom stereocenters. The van der Waals surface area contributed by atoms with Crippen molar-refractivity contribution in [1.82, 2.24) is 39.0 Å². The van der Waals surface area contributed by atoms with E-state index in [0.29, 0.717) is 11.1 Å². The zero-order valence-corrected chi connectivity index (χ0v) is 32.9. The van der Waals surface area contributed by atoms with Crippen molar-refractivity contribution in [3.8, 4) is 23.0 Å². The third-order valence-corrected chi connectivity index (χ3v) is 10.6.